The topological polar surface area (TPSA) is 84.9 Å². The van der Waals surface area contributed by atoms with Gasteiger partial charge in [0.15, 0.2) is 6.29 Å². The van der Waals surface area contributed by atoms with Crippen LogP contribution in [-0.2, 0) is 16.7 Å². The molecule has 3 rings (SSSR count). The van der Waals surface area contributed by atoms with Gasteiger partial charge in [-0.15, -0.1) is 0 Å². The summed E-state index contributed by atoms with van der Waals surface area (Å²) in [5, 5.41) is 2.92. The highest BCUT2D eigenvalue weighted by atomic mass is 16.6. The van der Waals surface area contributed by atoms with Gasteiger partial charge in [0.25, 0.3) is 5.91 Å². The normalized spacial score (nSPS) is 14.8. The molecule has 0 saturated carbocycles. The molecular weight excluding hydrogens is 456 g/mol. The molecule has 36 heavy (non-hydrogen) atoms. The molecule has 2 aromatic rings. The second-order valence-corrected chi connectivity index (χ2v) is 11.2. The summed E-state index contributed by atoms with van der Waals surface area (Å²) in [7, 11) is 0. The first-order valence-electron chi connectivity index (χ1n) is 12.5. The SMILES string of the molecule is CC(C)(C)OC(=O)N1CCC(Oc2cc(C(C)(C)C)ccc2CNC(=O)c2ccccc2C=O)CC1. The van der Waals surface area contributed by atoms with Crippen molar-refractivity contribution in [3.05, 3.63) is 64.7 Å². The lowest BCUT2D eigenvalue weighted by molar-refractivity contribution is 0.0125. The van der Waals surface area contributed by atoms with Gasteiger partial charge in [0.1, 0.15) is 17.5 Å². The Labute approximate surface area is 214 Å². The van der Waals surface area contributed by atoms with E-state index in [1.165, 1.54) is 0 Å². The van der Waals surface area contributed by atoms with E-state index in [1.807, 2.05) is 32.9 Å². The smallest absolute Gasteiger partial charge is 0.410 e. The van der Waals surface area contributed by atoms with Crippen LogP contribution in [0.5, 0.6) is 5.75 Å². The third-order valence-electron chi connectivity index (χ3n) is 6.09. The van der Waals surface area contributed by atoms with Crippen molar-refractivity contribution in [2.75, 3.05) is 13.1 Å². The molecule has 1 heterocycles. The third kappa shape index (κ3) is 7.33. The van der Waals surface area contributed by atoms with Gasteiger partial charge < -0.3 is 19.7 Å². The zero-order valence-corrected chi connectivity index (χ0v) is 22.2. The number of rotatable bonds is 6. The van der Waals surface area contributed by atoms with E-state index in [1.54, 1.807) is 29.2 Å². The lowest BCUT2D eigenvalue weighted by Crippen LogP contribution is -2.44. The fourth-order valence-electron chi connectivity index (χ4n) is 4.02. The van der Waals surface area contributed by atoms with Crippen molar-refractivity contribution in [1.82, 2.24) is 10.2 Å². The monoisotopic (exact) mass is 494 g/mol. The maximum Gasteiger partial charge on any atom is 0.410 e. The predicted molar refractivity (Wildman–Crippen MR) is 140 cm³/mol. The Bertz CT molecular complexity index is 1090. The Balaban J connectivity index is 1.71. The maximum atomic E-state index is 12.8. The fourth-order valence-corrected chi connectivity index (χ4v) is 4.02. The van der Waals surface area contributed by atoms with Crippen molar-refractivity contribution in [3.63, 3.8) is 0 Å². The van der Waals surface area contributed by atoms with E-state index in [2.05, 4.69) is 32.2 Å². The molecule has 2 aromatic carbocycles. The number of carbonyl (C=O) groups excluding carboxylic acids is 3. The highest BCUT2D eigenvalue weighted by Crippen LogP contribution is 2.31. The summed E-state index contributed by atoms with van der Waals surface area (Å²) in [6.45, 7) is 13.4. The van der Waals surface area contributed by atoms with Crippen molar-refractivity contribution >= 4 is 18.3 Å². The van der Waals surface area contributed by atoms with E-state index in [9.17, 15) is 14.4 Å². The molecule has 7 nitrogen and oxygen atoms in total. The molecule has 0 spiro atoms. The first-order valence-corrected chi connectivity index (χ1v) is 12.5. The predicted octanol–water partition coefficient (Wildman–Crippen LogP) is 5.50. The van der Waals surface area contributed by atoms with Crippen LogP contribution >= 0.6 is 0 Å². The quantitative estimate of drug-likeness (QED) is 0.536. The Kier molecular flexibility index (Phi) is 8.43. The van der Waals surface area contributed by atoms with Crippen LogP contribution in [0, 0.1) is 0 Å². The number of piperidine rings is 1. The van der Waals surface area contributed by atoms with Crippen molar-refractivity contribution in [2.24, 2.45) is 0 Å². The summed E-state index contributed by atoms with van der Waals surface area (Å²) >= 11 is 0. The van der Waals surface area contributed by atoms with Gasteiger partial charge in [-0.1, -0.05) is 51.1 Å². The Morgan fingerprint density at radius 1 is 1.03 bits per heavy atom. The molecule has 1 saturated heterocycles. The zero-order chi connectivity index (χ0) is 26.5. The van der Waals surface area contributed by atoms with Gasteiger partial charge in [-0.2, -0.15) is 0 Å². The molecule has 0 atom stereocenters. The van der Waals surface area contributed by atoms with E-state index in [0.29, 0.717) is 43.3 Å². The molecule has 1 N–H and O–H groups in total. The number of benzene rings is 2. The summed E-state index contributed by atoms with van der Waals surface area (Å²) in [5.74, 6) is 0.413. The van der Waals surface area contributed by atoms with Gasteiger partial charge in [-0.3, -0.25) is 9.59 Å². The van der Waals surface area contributed by atoms with Crippen LogP contribution in [-0.4, -0.2) is 48.0 Å². The second kappa shape index (κ2) is 11.1. The molecule has 0 bridgehead atoms. The van der Waals surface area contributed by atoms with E-state index >= 15 is 0 Å². The van der Waals surface area contributed by atoms with Crippen LogP contribution in [0.2, 0.25) is 0 Å². The van der Waals surface area contributed by atoms with Crippen LogP contribution in [0.25, 0.3) is 0 Å². The lowest BCUT2D eigenvalue weighted by atomic mass is 9.86. The first kappa shape index (κ1) is 27.2. The first-order chi connectivity index (χ1) is 16.9. The number of amides is 2. The Hall–Kier alpha value is -3.35. The molecule has 0 unspecified atom stereocenters. The second-order valence-electron chi connectivity index (χ2n) is 11.2. The van der Waals surface area contributed by atoms with Crippen LogP contribution < -0.4 is 10.1 Å². The van der Waals surface area contributed by atoms with Gasteiger partial charge in [-0.25, -0.2) is 4.79 Å². The van der Waals surface area contributed by atoms with Crippen molar-refractivity contribution in [1.29, 1.82) is 0 Å². The van der Waals surface area contributed by atoms with Gasteiger partial charge in [0.05, 0.1) is 0 Å². The van der Waals surface area contributed by atoms with Crippen LogP contribution in [0.1, 0.15) is 86.2 Å². The molecule has 0 aliphatic carbocycles. The number of carbonyl (C=O) groups is 3. The minimum absolute atomic E-state index is 0.0517. The van der Waals surface area contributed by atoms with Gasteiger partial charge in [0, 0.05) is 49.2 Å². The molecule has 7 heteroatoms. The number of likely N-dealkylation sites (tertiary alicyclic amines) is 1. The van der Waals surface area contributed by atoms with Gasteiger partial charge >= 0.3 is 6.09 Å². The summed E-state index contributed by atoms with van der Waals surface area (Å²) in [6.07, 6.45) is 1.72. The summed E-state index contributed by atoms with van der Waals surface area (Å²) < 4.78 is 11.9. The Morgan fingerprint density at radius 3 is 2.31 bits per heavy atom. The molecule has 1 aliphatic rings. The number of aldehydes is 1. The zero-order valence-electron chi connectivity index (χ0n) is 22.2. The van der Waals surface area contributed by atoms with Crippen molar-refractivity contribution in [2.45, 2.75) is 78.0 Å². The molecule has 194 valence electrons. The minimum Gasteiger partial charge on any atom is -0.490 e. The number of nitrogens with one attached hydrogen (secondary N) is 1. The number of nitrogens with zero attached hydrogens (tertiary/aromatic N) is 1. The molecule has 2 amide bonds. The average molecular weight is 495 g/mol. The molecule has 0 aromatic heterocycles. The highest BCUT2D eigenvalue weighted by Gasteiger charge is 2.28. The van der Waals surface area contributed by atoms with Crippen LogP contribution in [0.4, 0.5) is 4.79 Å². The lowest BCUT2D eigenvalue weighted by Gasteiger charge is -2.34. The summed E-state index contributed by atoms with van der Waals surface area (Å²) in [4.78, 5) is 38.2. The van der Waals surface area contributed by atoms with E-state index in [4.69, 9.17) is 9.47 Å². The van der Waals surface area contributed by atoms with Crippen LogP contribution in [0.3, 0.4) is 0 Å². The Morgan fingerprint density at radius 2 is 1.69 bits per heavy atom. The number of hydrogen-bond donors (Lipinski definition) is 1. The summed E-state index contributed by atoms with van der Waals surface area (Å²) in [5.41, 5.74) is 2.09. The average Bonchev–Trinajstić information content (AvgIpc) is 2.81. The van der Waals surface area contributed by atoms with E-state index < -0.39 is 5.60 Å². The fraction of sp³-hybridized carbons (Fsp3) is 0.483. The third-order valence-corrected chi connectivity index (χ3v) is 6.09. The van der Waals surface area contributed by atoms with Gasteiger partial charge in [-0.05, 0) is 43.9 Å². The molecule has 0 radical (unpaired) electrons. The van der Waals surface area contributed by atoms with Crippen LogP contribution in [0.15, 0.2) is 42.5 Å². The summed E-state index contributed by atoms with van der Waals surface area (Å²) in [6, 6.07) is 12.8. The van der Waals surface area contributed by atoms with Gasteiger partial charge in [0.2, 0.25) is 0 Å². The number of ether oxygens (including phenoxy) is 2. The maximum absolute atomic E-state index is 12.8. The molecule has 1 aliphatic heterocycles. The minimum atomic E-state index is -0.524. The van der Waals surface area contributed by atoms with E-state index in [0.717, 1.165) is 16.9 Å². The highest BCUT2D eigenvalue weighted by molar-refractivity contribution is 6.01. The largest absolute Gasteiger partial charge is 0.490 e. The molecule has 1 fully saturated rings. The molecular formula is C29H38N2O5. The number of hydrogen-bond acceptors (Lipinski definition) is 5. The standard InChI is InChI=1S/C29H38N2O5/c1-28(2,3)22-12-11-20(18-30-26(33)24-10-8-7-9-21(24)19-32)25(17-22)35-23-13-15-31(16-14-23)27(34)36-29(4,5)6/h7-12,17,19,23H,13-16,18H2,1-6H3,(H,30,33). The van der Waals surface area contributed by atoms with Crippen molar-refractivity contribution < 1.29 is 23.9 Å². The van der Waals surface area contributed by atoms with E-state index in [-0.39, 0.29) is 30.1 Å². The van der Waals surface area contributed by atoms with Crippen molar-refractivity contribution in [3.8, 4) is 5.75 Å².